The Morgan fingerprint density at radius 1 is 0.565 bits per heavy atom. The standard InChI is InChI=1S/C21H42O2/c1-5-7-9-11-12-14-16-18-20-19(22-21(3,4)23-20)17-15-13-10-8-6-2/h19-20H,5-18H2,1-4H3. The molecule has 0 aliphatic carbocycles. The minimum Gasteiger partial charge on any atom is -0.345 e. The molecular weight excluding hydrogens is 284 g/mol. The number of rotatable bonds is 14. The van der Waals surface area contributed by atoms with E-state index in [1.807, 2.05) is 0 Å². The van der Waals surface area contributed by atoms with E-state index in [1.54, 1.807) is 0 Å². The molecule has 0 spiro atoms. The Kier molecular flexibility index (Phi) is 11.2. The molecule has 0 saturated carbocycles. The third-order valence-electron chi connectivity index (χ3n) is 4.97. The molecule has 0 amide bonds. The molecule has 1 rings (SSSR count). The summed E-state index contributed by atoms with van der Waals surface area (Å²) in [4.78, 5) is 0. The molecule has 1 aliphatic heterocycles. The van der Waals surface area contributed by atoms with Gasteiger partial charge in [-0.2, -0.15) is 0 Å². The van der Waals surface area contributed by atoms with Gasteiger partial charge in [-0.05, 0) is 26.7 Å². The second kappa shape index (κ2) is 12.3. The van der Waals surface area contributed by atoms with Crippen LogP contribution < -0.4 is 0 Å². The molecule has 0 aromatic heterocycles. The molecule has 1 saturated heterocycles. The highest BCUT2D eigenvalue weighted by Crippen LogP contribution is 2.33. The van der Waals surface area contributed by atoms with E-state index < -0.39 is 0 Å². The van der Waals surface area contributed by atoms with Crippen molar-refractivity contribution in [1.29, 1.82) is 0 Å². The highest BCUT2D eigenvalue weighted by Gasteiger charge is 2.40. The molecule has 0 aromatic carbocycles. The SMILES string of the molecule is CCCCCCCCCC1OC(C)(C)OC1CCCCCCC. The average Bonchev–Trinajstić information content (AvgIpc) is 2.80. The predicted molar refractivity (Wildman–Crippen MR) is 99.8 cm³/mol. The summed E-state index contributed by atoms with van der Waals surface area (Å²) in [5.41, 5.74) is 0. The second-order valence-corrected chi connectivity index (χ2v) is 7.83. The lowest BCUT2D eigenvalue weighted by Crippen LogP contribution is -2.22. The van der Waals surface area contributed by atoms with Gasteiger partial charge in [0.1, 0.15) is 0 Å². The van der Waals surface area contributed by atoms with Crippen LogP contribution in [0.15, 0.2) is 0 Å². The summed E-state index contributed by atoms with van der Waals surface area (Å²) in [6.45, 7) is 8.69. The van der Waals surface area contributed by atoms with E-state index in [1.165, 1.54) is 89.9 Å². The number of hydrogen-bond donors (Lipinski definition) is 0. The van der Waals surface area contributed by atoms with Gasteiger partial charge < -0.3 is 9.47 Å². The van der Waals surface area contributed by atoms with Gasteiger partial charge in [-0.3, -0.25) is 0 Å². The molecule has 23 heavy (non-hydrogen) atoms. The summed E-state index contributed by atoms with van der Waals surface area (Å²) < 4.78 is 12.3. The summed E-state index contributed by atoms with van der Waals surface area (Å²) >= 11 is 0. The fourth-order valence-corrected chi connectivity index (χ4v) is 3.65. The fraction of sp³-hybridized carbons (Fsp3) is 1.00. The number of ether oxygens (including phenoxy) is 2. The second-order valence-electron chi connectivity index (χ2n) is 7.83. The van der Waals surface area contributed by atoms with Crippen molar-refractivity contribution in [2.75, 3.05) is 0 Å². The smallest absolute Gasteiger partial charge is 0.163 e. The molecule has 2 atom stereocenters. The van der Waals surface area contributed by atoms with E-state index in [4.69, 9.17) is 9.47 Å². The van der Waals surface area contributed by atoms with Gasteiger partial charge in [0.2, 0.25) is 0 Å². The van der Waals surface area contributed by atoms with Crippen LogP contribution in [0.5, 0.6) is 0 Å². The van der Waals surface area contributed by atoms with Crippen LogP contribution in [-0.2, 0) is 9.47 Å². The van der Waals surface area contributed by atoms with Crippen LogP contribution in [-0.4, -0.2) is 18.0 Å². The van der Waals surface area contributed by atoms with Gasteiger partial charge in [0, 0.05) is 0 Å². The largest absolute Gasteiger partial charge is 0.345 e. The zero-order valence-electron chi connectivity index (χ0n) is 16.4. The Labute approximate surface area is 145 Å². The van der Waals surface area contributed by atoms with Crippen molar-refractivity contribution in [2.24, 2.45) is 0 Å². The van der Waals surface area contributed by atoms with Crippen LogP contribution in [0, 0.1) is 0 Å². The molecule has 0 bridgehead atoms. The highest BCUT2D eigenvalue weighted by atomic mass is 16.7. The molecule has 1 aliphatic rings. The quantitative estimate of drug-likeness (QED) is 0.320. The van der Waals surface area contributed by atoms with Crippen LogP contribution in [0.25, 0.3) is 0 Å². The monoisotopic (exact) mass is 326 g/mol. The van der Waals surface area contributed by atoms with E-state index in [2.05, 4.69) is 27.7 Å². The van der Waals surface area contributed by atoms with Gasteiger partial charge in [0.05, 0.1) is 12.2 Å². The van der Waals surface area contributed by atoms with Crippen LogP contribution in [0.4, 0.5) is 0 Å². The molecule has 1 heterocycles. The minimum atomic E-state index is -0.375. The minimum absolute atomic E-state index is 0.326. The van der Waals surface area contributed by atoms with Gasteiger partial charge in [-0.1, -0.05) is 90.9 Å². The zero-order valence-corrected chi connectivity index (χ0v) is 16.4. The molecule has 1 fully saturated rings. The van der Waals surface area contributed by atoms with E-state index in [9.17, 15) is 0 Å². The molecule has 138 valence electrons. The molecule has 2 nitrogen and oxygen atoms in total. The highest BCUT2D eigenvalue weighted by molar-refractivity contribution is 4.81. The van der Waals surface area contributed by atoms with Crippen LogP contribution in [0.2, 0.25) is 0 Å². The summed E-state index contributed by atoms with van der Waals surface area (Å²) in [6.07, 6.45) is 19.3. The van der Waals surface area contributed by atoms with E-state index in [-0.39, 0.29) is 5.79 Å². The van der Waals surface area contributed by atoms with Gasteiger partial charge in [0.25, 0.3) is 0 Å². The summed E-state index contributed by atoms with van der Waals surface area (Å²) in [5.74, 6) is -0.375. The molecule has 2 heteroatoms. The lowest BCUT2D eigenvalue weighted by Gasteiger charge is -2.16. The van der Waals surface area contributed by atoms with Crippen molar-refractivity contribution < 1.29 is 9.47 Å². The normalized spacial score (nSPS) is 23.5. The van der Waals surface area contributed by atoms with Gasteiger partial charge in [-0.15, -0.1) is 0 Å². The lowest BCUT2D eigenvalue weighted by molar-refractivity contribution is -0.147. The Balaban J connectivity index is 2.16. The van der Waals surface area contributed by atoms with Crippen molar-refractivity contribution in [3.63, 3.8) is 0 Å². The zero-order chi connectivity index (χ0) is 17.0. The Hall–Kier alpha value is -0.0800. The average molecular weight is 327 g/mol. The van der Waals surface area contributed by atoms with Gasteiger partial charge >= 0.3 is 0 Å². The molecule has 0 N–H and O–H groups in total. The van der Waals surface area contributed by atoms with Gasteiger partial charge in [-0.25, -0.2) is 0 Å². The Bertz CT molecular complexity index is 275. The Morgan fingerprint density at radius 3 is 1.30 bits per heavy atom. The maximum absolute atomic E-state index is 6.16. The van der Waals surface area contributed by atoms with Crippen LogP contribution >= 0.6 is 0 Å². The maximum Gasteiger partial charge on any atom is 0.163 e. The first-order chi connectivity index (χ1) is 11.1. The van der Waals surface area contributed by atoms with E-state index in [0.29, 0.717) is 12.2 Å². The lowest BCUT2D eigenvalue weighted by atomic mass is 10.00. The molecule has 2 unspecified atom stereocenters. The van der Waals surface area contributed by atoms with E-state index >= 15 is 0 Å². The van der Waals surface area contributed by atoms with E-state index in [0.717, 1.165) is 0 Å². The predicted octanol–water partition coefficient (Wildman–Crippen LogP) is 7.01. The third-order valence-corrected chi connectivity index (χ3v) is 4.97. The topological polar surface area (TPSA) is 18.5 Å². The van der Waals surface area contributed by atoms with Crippen molar-refractivity contribution in [3.05, 3.63) is 0 Å². The summed E-state index contributed by atoms with van der Waals surface area (Å²) in [5, 5.41) is 0. The summed E-state index contributed by atoms with van der Waals surface area (Å²) in [6, 6.07) is 0. The van der Waals surface area contributed by atoms with Crippen molar-refractivity contribution >= 4 is 0 Å². The van der Waals surface area contributed by atoms with Crippen molar-refractivity contribution in [2.45, 2.75) is 136 Å². The fourth-order valence-electron chi connectivity index (χ4n) is 3.65. The van der Waals surface area contributed by atoms with Crippen molar-refractivity contribution in [3.8, 4) is 0 Å². The number of hydrogen-bond acceptors (Lipinski definition) is 2. The summed E-state index contributed by atoms with van der Waals surface area (Å²) in [7, 11) is 0. The Morgan fingerprint density at radius 2 is 0.913 bits per heavy atom. The molecular formula is C21H42O2. The number of unbranched alkanes of at least 4 members (excludes halogenated alkanes) is 10. The van der Waals surface area contributed by atoms with Crippen LogP contribution in [0.3, 0.4) is 0 Å². The third kappa shape index (κ3) is 9.72. The first kappa shape index (κ1) is 21.0. The molecule has 0 aromatic rings. The first-order valence-electron chi connectivity index (χ1n) is 10.4. The van der Waals surface area contributed by atoms with Crippen LogP contribution in [0.1, 0.15) is 118 Å². The maximum atomic E-state index is 6.16. The molecule has 0 radical (unpaired) electrons. The van der Waals surface area contributed by atoms with Crippen molar-refractivity contribution in [1.82, 2.24) is 0 Å². The van der Waals surface area contributed by atoms with Gasteiger partial charge in [0.15, 0.2) is 5.79 Å². The first-order valence-corrected chi connectivity index (χ1v) is 10.4.